The van der Waals surface area contributed by atoms with Crippen molar-refractivity contribution in [1.82, 2.24) is 15.5 Å². The molecule has 2 N–H and O–H groups in total. The lowest BCUT2D eigenvalue weighted by atomic mass is 9.80. The van der Waals surface area contributed by atoms with Gasteiger partial charge in [-0.15, -0.1) is 0 Å². The maximum absolute atomic E-state index is 13.3. The van der Waals surface area contributed by atoms with Gasteiger partial charge in [0.2, 0.25) is 11.8 Å². The molecule has 158 valence electrons. The second-order valence-corrected chi connectivity index (χ2v) is 9.06. The Morgan fingerprint density at radius 1 is 0.964 bits per heavy atom. The first-order valence-electron chi connectivity index (χ1n) is 11.3. The topological polar surface area (TPSA) is 78.5 Å². The van der Waals surface area contributed by atoms with E-state index < -0.39 is 12.1 Å². The number of likely N-dealkylation sites (N-methyl/N-ethyl adjacent to an activating group) is 1. The van der Waals surface area contributed by atoms with Crippen molar-refractivity contribution < 1.29 is 14.4 Å². The maximum Gasteiger partial charge on any atom is 0.243 e. The second kappa shape index (κ2) is 9.86. The molecule has 0 aromatic rings. The fourth-order valence-corrected chi connectivity index (χ4v) is 5.17. The maximum atomic E-state index is 13.3. The molecule has 0 bridgehead atoms. The molecule has 6 heteroatoms. The molecule has 3 unspecified atom stereocenters. The number of hydrogen-bond donors (Lipinski definition) is 2. The van der Waals surface area contributed by atoms with E-state index in [9.17, 15) is 14.4 Å². The van der Waals surface area contributed by atoms with Gasteiger partial charge in [-0.3, -0.25) is 14.4 Å². The Kier molecular flexibility index (Phi) is 7.49. The first-order valence-corrected chi connectivity index (χ1v) is 11.3. The third-order valence-electron chi connectivity index (χ3n) is 7.14. The van der Waals surface area contributed by atoms with Crippen molar-refractivity contribution in [2.75, 3.05) is 13.6 Å². The van der Waals surface area contributed by atoms with E-state index in [2.05, 4.69) is 10.6 Å². The van der Waals surface area contributed by atoms with E-state index in [0.717, 1.165) is 38.5 Å². The van der Waals surface area contributed by atoms with Gasteiger partial charge in [-0.2, -0.15) is 0 Å². The number of Topliss-reactive ketones (excluding diaryl/α,β-unsaturated/α-hetero) is 1. The van der Waals surface area contributed by atoms with Crippen molar-refractivity contribution in [2.45, 2.75) is 95.7 Å². The molecule has 2 amide bonds. The molecule has 1 heterocycles. The van der Waals surface area contributed by atoms with Crippen LogP contribution in [0, 0.1) is 11.8 Å². The normalized spacial score (nSPS) is 25.8. The minimum absolute atomic E-state index is 0.0198. The third kappa shape index (κ3) is 4.94. The summed E-state index contributed by atoms with van der Waals surface area (Å²) in [4.78, 5) is 40.0. The molecule has 0 aromatic heterocycles. The van der Waals surface area contributed by atoms with Crippen LogP contribution >= 0.6 is 0 Å². The SMILES string of the molecule is CNC(C(=O)N1CCCC1C(=O)NC(CC1CCC1)C(C)=O)C1CCCCC1. The molecule has 6 nitrogen and oxygen atoms in total. The Bertz CT molecular complexity index is 569. The highest BCUT2D eigenvalue weighted by atomic mass is 16.2. The highest BCUT2D eigenvalue weighted by Gasteiger charge is 2.40. The summed E-state index contributed by atoms with van der Waals surface area (Å²) in [5.41, 5.74) is 0. The van der Waals surface area contributed by atoms with Gasteiger partial charge < -0.3 is 15.5 Å². The van der Waals surface area contributed by atoms with Crippen LogP contribution in [0.2, 0.25) is 0 Å². The van der Waals surface area contributed by atoms with Crippen LogP contribution in [0.15, 0.2) is 0 Å². The predicted octanol–water partition coefficient (Wildman–Crippen LogP) is 2.41. The molecule has 0 spiro atoms. The predicted molar refractivity (Wildman–Crippen MR) is 109 cm³/mol. The van der Waals surface area contributed by atoms with E-state index in [1.165, 1.54) is 25.7 Å². The number of nitrogens with one attached hydrogen (secondary N) is 2. The molecule has 3 rings (SSSR count). The third-order valence-corrected chi connectivity index (χ3v) is 7.14. The van der Waals surface area contributed by atoms with Crippen molar-refractivity contribution in [3.63, 3.8) is 0 Å². The monoisotopic (exact) mass is 391 g/mol. The molecule has 0 radical (unpaired) electrons. The Hall–Kier alpha value is -1.43. The number of ketones is 1. The molecule has 3 aliphatic rings. The summed E-state index contributed by atoms with van der Waals surface area (Å²) in [6.45, 7) is 2.19. The van der Waals surface area contributed by atoms with Gasteiger partial charge in [0.05, 0.1) is 12.1 Å². The first-order chi connectivity index (χ1) is 13.5. The Balaban J connectivity index is 1.62. The smallest absolute Gasteiger partial charge is 0.243 e. The molecule has 0 aromatic carbocycles. The average Bonchev–Trinajstić information content (AvgIpc) is 3.14. The van der Waals surface area contributed by atoms with Crippen LogP contribution in [-0.4, -0.2) is 54.2 Å². The summed E-state index contributed by atoms with van der Waals surface area (Å²) in [7, 11) is 1.85. The van der Waals surface area contributed by atoms with Gasteiger partial charge in [0.15, 0.2) is 5.78 Å². The summed E-state index contributed by atoms with van der Waals surface area (Å²) in [5, 5.41) is 6.21. The number of likely N-dealkylation sites (tertiary alicyclic amines) is 1. The fourth-order valence-electron chi connectivity index (χ4n) is 5.17. The summed E-state index contributed by atoms with van der Waals surface area (Å²) >= 11 is 0. The molecule has 3 fully saturated rings. The summed E-state index contributed by atoms with van der Waals surface area (Å²) < 4.78 is 0. The fraction of sp³-hybridized carbons (Fsp3) is 0.864. The van der Waals surface area contributed by atoms with Crippen molar-refractivity contribution in [3.8, 4) is 0 Å². The molecule has 2 aliphatic carbocycles. The molecule has 2 saturated carbocycles. The highest BCUT2D eigenvalue weighted by Crippen LogP contribution is 2.31. The number of carbonyl (C=O) groups is 3. The van der Waals surface area contributed by atoms with Gasteiger partial charge in [0, 0.05) is 6.54 Å². The summed E-state index contributed by atoms with van der Waals surface area (Å²) in [5.74, 6) is 0.843. The van der Waals surface area contributed by atoms with E-state index in [0.29, 0.717) is 24.8 Å². The molecule has 1 saturated heterocycles. The van der Waals surface area contributed by atoms with E-state index in [-0.39, 0.29) is 23.6 Å². The lowest BCUT2D eigenvalue weighted by Gasteiger charge is -2.34. The minimum Gasteiger partial charge on any atom is -0.345 e. The van der Waals surface area contributed by atoms with Crippen LogP contribution < -0.4 is 10.6 Å². The molecule has 1 aliphatic heterocycles. The second-order valence-electron chi connectivity index (χ2n) is 9.06. The standard InChI is InChI=1S/C22H37N3O3/c1-15(26)18(14-16-8-6-9-16)24-21(27)19-12-7-13-25(19)22(28)20(23-2)17-10-4-3-5-11-17/h16-20,23H,3-14H2,1-2H3,(H,24,27). The van der Waals surface area contributed by atoms with E-state index in [1.54, 1.807) is 11.8 Å². The number of amides is 2. The number of nitrogens with zero attached hydrogens (tertiary/aromatic N) is 1. The van der Waals surface area contributed by atoms with E-state index >= 15 is 0 Å². The van der Waals surface area contributed by atoms with Crippen LogP contribution in [-0.2, 0) is 14.4 Å². The van der Waals surface area contributed by atoms with Crippen LogP contribution in [0.1, 0.15) is 77.6 Å². The Labute approximate surface area is 169 Å². The molecule has 28 heavy (non-hydrogen) atoms. The zero-order valence-electron chi connectivity index (χ0n) is 17.5. The first kappa shape index (κ1) is 21.3. The zero-order chi connectivity index (χ0) is 20.1. The van der Waals surface area contributed by atoms with Crippen LogP contribution in [0.3, 0.4) is 0 Å². The van der Waals surface area contributed by atoms with Crippen LogP contribution in [0.5, 0.6) is 0 Å². The van der Waals surface area contributed by atoms with Gasteiger partial charge in [-0.05, 0) is 57.9 Å². The van der Waals surface area contributed by atoms with Gasteiger partial charge in [0.25, 0.3) is 0 Å². The van der Waals surface area contributed by atoms with Crippen LogP contribution in [0.4, 0.5) is 0 Å². The number of hydrogen-bond acceptors (Lipinski definition) is 4. The van der Waals surface area contributed by atoms with Gasteiger partial charge in [-0.1, -0.05) is 38.5 Å². The molecular formula is C22H37N3O3. The van der Waals surface area contributed by atoms with E-state index in [1.807, 2.05) is 7.05 Å². The largest absolute Gasteiger partial charge is 0.345 e. The quantitative estimate of drug-likeness (QED) is 0.666. The van der Waals surface area contributed by atoms with Gasteiger partial charge in [0.1, 0.15) is 6.04 Å². The molecular weight excluding hydrogens is 354 g/mol. The van der Waals surface area contributed by atoms with Gasteiger partial charge in [-0.25, -0.2) is 0 Å². The Morgan fingerprint density at radius 3 is 2.25 bits per heavy atom. The minimum atomic E-state index is -0.435. The lowest BCUT2D eigenvalue weighted by Crippen LogP contribution is -2.56. The zero-order valence-corrected chi connectivity index (χ0v) is 17.5. The van der Waals surface area contributed by atoms with Crippen molar-refractivity contribution >= 4 is 17.6 Å². The van der Waals surface area contributed by atoms with Crippen molar-refractivity contribution in [3.05, 3.63) is 0 Å². The van der Waals surface area contributed by atoms with Crippen molar-refractivity contribution in [1.29, 1.82) is 0 Å². The average molecular weight is 392 g/mol. The highest BCUT2D eigenvalue weighted by molar-refractivity contribution is 5.93. The van der Waals surface area contributed by atoms with Gasteiger partial charge >= 0.3 is 0 Å². The Morgan fingerprint density at radius 2 is 1.68 bits per heavy atom. The van der Waals surface area contributed by atoms with Crippen molar-refractivity contribution in [2.24, 2.45) is 11.8 Å². The summed E-state index contributed by atoms with van der Waals surface area (Å²) in [6, 6.07) is -1.05. The molecule has 3 atom stereocenters. The van der Waals surface area contributed by atoms with E-state index in [4.69, 9.17) is 0 Å². The van der Waals surface area contributed by atoms with Crippen LogP contribution in [0.25, 0.3) is 0 Å². The number of rotatable bonds is 8. The lowest BCUT2D eigenvalue weighted by molar-refractivity contribution is -0.142. The number of carbonyl (C=O) groups excluding carboxylic acids is 3. The summed E-state index contributed by atoms with van der Waals surface area (Å²) in [6.07, 6.45) is 11.6.